The number of anilines is 1. The maximum Gasteiger partial charge on any atom is 0.195 e. The third-order valence-corrected chi connectivity index (χ3v) is 4.57. The van der Waals surface area contributed by atoms with Gasteiger partial charge in [0.15, 0.2) is 10.8 Å². The molecule has 116 valence electrons. The van der Waals surface area contributed by atoms with E-state index in [-0.39, 0.29) is 6.10 Å². The van der Waals surface area contributed by atoms with E-state index in [1.807, 2.05) is 0 Å². The van der Waals surface area contributed by atoms with Crippen LogP contribution in [0.5, 0.6) is 0 Å². The number of thiazole rings is 1. The lowest BCUT2D eigenvalue weighted by Gasteiger charge is -2.23. The lowest BCUT2D eigenvalue weighted by Crippen LogP contribution is -2.31. The van der Waals surface area contributed by atoms with Gasteiger partial charge in [-0.2, -0.15) is 0 Å². The lowest BCUT2D eigenvalue weighted by molar-refractivity contribution is 0.0820. The Morgan fingerprint density at radius 1 is 1.52 bits per heavy atom. The van der Waals surface area contributed by atoms with Crippen LogP contribution in [0.1, 0.15) is 32.4 Å². The molecule has 1 N–H and O–H groups in total. The highest BCUT2D eigenvalue weighted by atomic mass is 32.1. The summed E-state index contributed by atoms with van der Waals surface area (Å²) in [6.07, 6.45) is 4.60. The molecule has 1 atom stereocenters. The Hall–Kier alpha value is -1.11. The van der Waals surface area contributed by atoms with Crippen molar-refractivity contribution in [2.24, 2.45) is 0 Å². The fourth-order valence-corrected chi connectivity index (χ4v) is 3.54. The molecule has 2 aromatic heterocycles. The van der Waals surface area contributed by atoms with E-state index >= 15 is 0 Å². The van der Waals surface area contributed by atoms with Gasteiger partial charge in [0.2, 0.25) is 0 Å². The van der Waals surface area contributed by atoms with Crippen LogP contribution in [0.4, 0.5) is 5.82 Å². The van der Waals surface area contributed by atoms with Gasteiger partial charge < -0.3 is 15.0 Å². The molecule has 0 bridgehead atoms. The zero-order valence-corrected chi connectivity index (χ0v) is 13.7. The largest absolute Gasteiger partial charge is 0.377 e. The molecular weight excluding hydrogens is 284 g/mol. The first-order valence-electron chi connectivity index (χ1n) is 7.81. The van der Waals surface area contributed by atoms with Crippen LogP contribution in [-0.2, 0) is 11.3 Å². The van der Waals surface area contributed by atoms with E-state index in [0.29, 0.717) is 0 Å². The van der Waals surface area contributed by atoms with Crippen molar-refractivity contribution < 1.29 is 4.74 Å². The van der Waals surface area contributed by atoms with Gasteiger partial charge >= 0.3 is 0 Å². The molecule has 6 heteroatoms. The van der Waals surface area contributed by atoms with Crippen LogP contribution >= 0.6 is 11.3 Å². The lowest BCUT2D eigenvalue weighted by atomic mass is 10.3. The van der Waals surface area contributed by atoms with Crippen molar-refractivity contribution in [2.75, 3.05) is 31.1 Å². The van der Waals surface area contributed by atoms with Gasteiger partial charge in [0.25, 0.3) is 0 Å². The van der Waals surface area contributed by atoms with Gasteiger partial charge in [0, 0.05) is 37.8 Å². The molecule has 0 saturated carbocycles. The molecule has 1 aliphatic rings. The third-order valence-electron chi connectivity index (χ3n) is 3.81. The van der Waals surface area contributed by atoms with E-state index in [0.717, 1.165) is 56.4 Å². The molecule has 2 aromatic rings. The van der Waals surface area contributed by atoms with Gasteiger partial charge in [-0.05, 0) is 26.3 Å². The zero-order chi connectivity index (χ0) is 14.7. The van der Waals surface area contributed by atoms with E-state index in [2.05, 4.69) is 40.0 Å². The molecule has 0 aliphatic carbocycles. The number of nitrogens with one attached hydrogen (secondary N) is 1. The minimum Gasteiger partial charge on any atom is -0.377 e. The number of ether oxygens (including phenoxy) is 1. The van der Waals surface area contributed by atoms with Crippen molar-refractivity contribution in [3.05, 3.63) is 17.3 Å². The van der Waals surface area contributed by atoms with E-state index in [4.69, 9.17) is 9.72 Å². The summed E-state index contributed by atoms with van der Waals surface area (Å²) in [5.41, 5.74) is 1.27. The van der Waals surface area contributed by atoms with Crippen molar-refractivity contribution >= 4 is 22.1 Å². The molecular formula is C15H24N4OS. The number of hydrogen-bond donors (Lipinski definition) is 1. The Kier molecular flexibility index (Phi) is 4.77. The summed E-state index contributed by atoms with van der Waals surface area (Å²) in [5.74, 6) is 1.13. The molecule has 3 heterocycles. The topological polar surface area (TPSA) is 41.8 Å². The normalized spacial score (nSPS) is 20.1. The minimum absolute atomic E-state index is 0.267. The van der Waals surface area contributed by atoms with E-state index < -0.39 is 0 Å². The molecule has 1 unspecified atom stereocenters. The first-order valence-corrected chi connectivity index (χ1v) is 8.69. The minimum atomic E-state index is 0.267. The van der Waals surface area contributed by atoms with Crippen LogP contribution in [0.3, 0.4) is 0 Å². The Morgan fingerprint density at radius 3 is 3.29 bits per heavy atom. The highest BCUT2D eigenvalue weighted by Gasteiger charge is 2.22. The molecule has 1 fully saturated rings. The van der Waals surface area contributed by atoms with E-state index in [1.165, 1.54) is 5.69 Å². The summed E-state index contributed by atoms with van der Waals surface area (Å²) in [5, 5.41) is 5.61. The number of hydrogen-bond acceptors (Lipinski definition) is 5. The average molecular weight is 308 g/mol. The third kappa shape index (κ3) is 3.22. The predicted octanol–water partition coefficient (Wildman–Crippen LogP) is 2.51. The molecule has 0 radical (unpaired) electrons. The maximum absolute atomic E-state index is 5.76. The Bertz CT molecular complexity index is 579. The predicted molar refractivity (Wildman–Crippen MR) is 87.3 cm³/mol. The SMILES string of the molecule is CCCNCc1c(N2CCCOC(C)C2)nc2sccn12. The first kappa shape index (κ1) is 14.8. The van der Waals surface area contributed by atoms with Crippen LogP contribution in [-0.4, -0.2) is 41.7 Å². The van der Waals surface area contributed by atoms with Gasteiger partial charge in [0.05, 0.1) is 11.8 Å². The summed E-state index contributed by atoms with van der Waals surface area (Å²) < 4.78 is 7.98. The number of imidazole rings is 1. The summed E-state index contributed by atoms with van der Waals surface area (Å²) in [6.45, 7) is 9.04. The molecule has 0 aromatic carbocycles. The smallest absolute Gasteiger partial charge is 0.195 e. The van der Waals surface area contributed by atoms with Gasteiger partial charge in [-0.1, -0.05) is 6.92 Å². The van der Waals surface area contributed by atoms with Crippen LogP contribution in [0.2, 0.25) is 0 Å². The molecule has 1 saturated heterocycles. The molecule has 3 rings (SSSR count). The highest BCUT2D eigenvalue weighted by molar-refractivity contribution is 7.15. The van der Waals surface area contributed by atoms with Crippen molar-refractivity contribution in [3.63, 3.8) is 0 Å². The van der Waals surface area contributed by atoms with Gasteiger partial charge in [-0.25, -0.2) is 4.98 Å². The standard InChI is InChI=1S/C15H24N4OS/c1-3-5-16-10-13-14(17-15-19(13)7-9-21-15)18-6-4-8-20-12(2)11-18/h7,9,12,16H,3-6,8,10-11H2,1-2H3. The first-order chi connectivity index (χ1) is 10.3. The van der Waals surface area contributed by atoms with Crippen LogP contribution in [0.25, 0.3) is 4.96 Å². The number of nitrogens with zero attached hydrogens (tertiary/aromatic N) is 3. The second-order valence-corrected chi connectivity index (χ2v) is 6.47. The molecule has 0 amide bonds. The molecule has 5 nitrogen and oxygen atoms in total. The molecule has 21 heavy (non-hydrogen) atoms. The fourth-order valence-electron chi connectivity index (χ4n) is 2.81. The van der Waals surface area contributed by atoms with Gasteiger partial charge in [0.1, 0.15) is 0 Å². The Labute approximate surface area is 129 Å². The van der Waals surface area contributed by atoms with Crippen LogP contribution < -0.4 is 10.2 Å². The fraction of sp³-hybridized carbons (Fsp3) is 0.667. The number of fused-ring (bicyclic) bond motifs is 1. The van der Waals surface area contributed by atoms with Crippen LogP contribution in [0.15, 0.2) is 11.6 Å². The second-order valence-electron chi connectivity index (χ2n) is 5.60. The van der Waals surface area contributed by atoms with Crippen LogP contribution in [0, 0.1) is 0 Å². The molecule has 0 spiro atoms. The summed E-state index contributed by atoms with van der Waals surface area (Å²) in [6, 6.07) is 0. The van der Waals surface area contributed by atoms with Crippen molar-refractivity contribution in [1.29, 1.82) is 0 Å². The molecule has 1 aliphatic heterocycles. The van der Waals surface area contributed by atoms with Crippen molar-refractivity contribution in [1.82, 2.24) is 14.7 Å². The summed E-state index contributed by atoms with van der Waals surface area (Å²) in [7, 11) is 0. The van der Waals surface area contributed by atoms with Gasteiger partial charge in [-0.3, -0.25) is 4.40 Å². The zero-order valence-electron chi connectivity index (χ0n) is 12.8. The Balaban J connectivity index is 1.88. The van der Waals surface area contributed by atoms with E-state index in [1.54, 1.807) is 11.3 Å². The van der Waals surface area contributed by atoms with E-state index in [9.17, 15) is 0 Å². The summed E-state index contributed by atoms with van der Waals surface area (Å²) in [4.78, 5) is 8.33. The maximum atomic E-state index is 5.76. The average Bonchev–Trinajstić information content (AvgIpc) is 2.98. The quantitative estimate of drug-likeness (QED) is 0.862. The van der Waals surface area contributed by atoms with Crippen molar-refractivity contribution in [3.8, 4) is 0 Å². The second kappa shape index (κ2) is 6.77. The highest BCUT2D eigenvalue weighted by Crippen LogP contribution is 2.26. The summed E-state index contributed by atoms with van der Waals surface area (Å²) >= 11 is 1.70. The number of aromatic nitrogens is 2. The van der Waals surface area contributed by atoms with Crippen molar-refractivity contribution in [2.45, 2.75) is 39.3 Å². The Morgan fingerprint density at radius 2 is 2.43 bits per heavy atom. The van der Waals surface area contributed by atoms with Gasteiger partial charge in [-0.15, -0.1) is 11.3 Å². The monoisotopic (exact) mass is 308 g/mol. The number of rotatable bonds is 5.